The third-order valence-corrected chi connectivity index (χ3v) is 6.14. The number of anilines is 1. The van der Waals surface area contributed by atoms with Crippen LogP contribution in [-0.2, 0) is 10.2 Å². The van der Waals surface area contributed by atoms with Crippen molar-refractivity contribution in [1.82, 2.24) is 19.1 Å². The van der Waals surface area contributed by atoms with Crippen LogP contribution < -0.4 is 14.3 Å². The maximum Gasteiger partial charge on any atom is 0.301 e. The van der Waals surface area contributed by atoms with Crippen molar-refractivity contribution >= 4 is 27.3 Å². The summed E-state index contributed by atoms with van der Waals surface area (Å²) >= 11 is 0. The lowest BCUT2D eigenvalue weighted by Gasteiger charge is -2.27. The lowest BCUT2D eigenvalue weighted by atomic mass is 10.0. The van der Waals surface area contributed by atoms with E-state index in [1.54, 1.807) is 18.3 Å². The number of nitrogens with one attached hydrogen (secondary N) is 2. The molecule has 11 heteroatoms. The Morgan fingerprint density at radius 2 is 2.03 bits per heavy atom. The van der Waals surface area contributed by atoms with Crippen molar-refractivity contribution in [3.05, 3.63) is 65.5 Å². The van der Waals surface area contributed by atoms with Crippen LogP contribution in [0.25, 0.3) is 5.52 Å². The van der Waals surface area contributed by atoms with Gasteiger partial charge in [0.1, 0.15) is 11.6 Å². The zero-order valence-electron chi connectivity index (χ0n) is 16.0. The standard InChI is InChI=1S/C19H19F2N5O3S/c1-22-30(28,29)24-19(27)15-11-23-26-8-6-13(10-18(15)26)25-7-2-3-17(25)14-9-12(20)4-5-16(14)21/h4-6,8-11,17,22H,2-3,7H2,1H3,(H,24,27). The van der Waals surface area contributed by atoms with Gasteiger partial charge in [0.2, 0.25) is 0 Å². The molecule has 4 rings (SSSR count). The fourth-order valence-corrected chi connectivity index (χ4v) is 4.18. The SMILES string of the molecule is CNS(=O)(=O)NC(=O)c1cnn2ccc(N3CCCC3c3cc(F)ccc3F)cc12. The van der Waals surface area contributed by atoms with Crippen LogP contribution in [0.5, 0.6) is 0 Å². The second-order valence-electron chi connectivity index (χ2n) is 6.93. The van der Waals surface area contributed by atoms with Crippen LogP contribution in [0.15, 0.2) is 42.7 Å². The van der Waals surface area contributed by atoms with Crippen molar-refractivity contribution in [1.29, 1.82) is 0 Å². The highest BCUT2D eigenvalue weighted by Crippen LogP contribution is 2.38. The molecule has 1 fully saturated rings. The lowest BCUT2D eigenvalue weighted by Crippen LogP contribution is -2.38. The van der Waals surface area contributed by atoms with E-state index < -0.39 is 27.8 Å². The maximum atomic E-state index is 14.4. The monoisotopic (exact) mass is 435 g/mol. The van der Waals surface area contributed by atoms with E-state index in [0.29, 0.717) is 24.2 Å². The number of amides is 1. The Balaban J connectivity index is 1.71. The average molecular weight is 435 g/mol. The number of benzene rings is 1. The molecule has 30 heavy (non-hydrogen) atoms. The molecule has 2 aromatic heterocycles. The van der Waals surface area contributed by atoms with Crippen molar-refractivity contribution in [3.63, 3.8) is 0 Å². The summed E-state index contributed by atoms with van der Waals surface area (Å²) in [6.45, 7) is 0.626. The number of hydrogen-bond acceptors (Lipinski definition) is 5. The third kappa shape index (κ3) is 3.73. The highest BCUT2D eigenvalue weighted by molar-refractivity contribution is 7.88. The Morgan fingerprint density at radius 3 is 2.80 bits per heavy atom. The quantitative estimate of drug-likeness (QED) is 0.640. The van der Waals surface area contributed by atoms with Crippen LogP contribution in [0.1, 0.15) is 34.8 Å². The van der Waals surface area contributed by atoms with Gasteiger partial charge in [0.25, 0.3) is 5.91 Å². The smallest absolute Gasteiger partial charge is 0.301 e. The molecule has 2 N–H and O–H groups in total. The summed E-state index contributed by atoms with van der Waals surface area (Å²) in [5, 5.41) is 4.08. The largest absolute Gasteiger partial charge is 0.364 e. The molecule has 1 amide bonds. The predicted octanol–water partition coefficient (Wildman–Crippen LogP) is 2.15. The zero-order chi connectivity index (χ0) is 21.5. The minimum Gasteiger partial charge on any atom is -0.364 e. The van der Waals surface area contributed by atoms with Gasteiger partial charge in [-0.3, -0.25) is 4.79 Å². The van der Waals surface area contributed by atoms with Gasteiger partial charge in [0, 0.05) is 31.0 Å². The molecule has 1 saturated heterocycles. The van der Waals surface area contributed by atoms with Crippen molar-refractivity contribution in [3.8, 4) is 0 Å². The van der Waals surface area contributed by atoms with Crippen molar-refractivity contribution in [2.24, 2.45) is 0 Å². The van der Waals surface area contributed by atoms with Crippen molar-refractivity contribution < 1.29 is 22.0 Å². The molecule has 3 heterocycles. The second kappa shape index (κ2) is 7.65. The zero-order valence-corrected chi connectivity index (χ0v) is 16.8. The van der Waals surface area contributed by atoms with Gasteiger partial charge in [0.05, 0.1) is 23.3 Å². The lowest BCUT2D eigenvalue weighted by molar-refractivity contribution is 0.0982. The summed E-state index contributed by atoms with van der Waals surface area (Å²) in [6.07, 6.45) is 4.34. The molecule has 0 bridgehead atoms. The van der Waals surface area contributed by atoms with E-state index in [0.717, 1.165) is 18.6 Å². The summed E-state index contributed by atoms with van der Waals surface area (Å²) in [5.41, 5.74) is 1.43. The van der Waals surface area contributed by atoms with Crippen LogP contribution >= 0.6 is 0 Å². The van der Waals surface area contributed by atoms with Gasteiger partial charge in [-0.2, -0.15) is 13.5 Å². The Bertz CT molecular complexity index is 1230. The first-order valence-corrected chi connectivity index (χ1v) is 10.7. The van der Waals surface area contributed by atoms with Crippen molar-refractivity contribution in [2.75, 3.05) is 18.5 Å². The Morgan fingerprint density at radius 1 is 1.23 bits per heavy atom. The Hall–Kier alpha value is -3.05. The summed E-state index contributed by atoms with van der Waals surface area (Å²) in [4.78, 5) is 14.3. The molecule has 0 aliphatic carbocycles. The highest BCUT2D eigenvalue weighted by atomic mass is 32.2. The van der Waals surface area contributed by atoms with E-state index in [2.05, 4.69) is 5.10 Å². The van der Waals surface area contributed by atoms with Gasteiger partial charge in [0.15, 0.2) is 0 Å². The first-order valence-electron chi connectivity index (χ1n) is 9.23. The first-order chi connectivity index (χ1) is 14.3. The highest BCUT2D eigenvalue weighted by Gasteiger charge is 2.29. The molecule has 0 spiro atoms. The number of halogens is 2. The van der Waals surface area contributed by atoms with Gasteiger partial charge in [-0.25, -0.2) is 22.7 Å². The van der Waals surface area contributed by atoms with E-state index in [4.69, 9.17) is 0 Å². The van der Waals surface area contributed by atoms with Gasteiger partial charge in [-0.15, -0.1) is 0 Å². The first kappa shape index (κ1) is 20.2. The van der Waals surface area contributed by atoms with Crippen LogP contribution in [0, 0.1) is 11.6 Å². The van der Waals surface area contributed by atoms with Crippen LogP contribution in [-0.4, -0.2) is 37.5 Å². The molecular weight excluding hydrogens is 416 g/mol. The minimum absolute atomic E-state index is 0.0726. The summed E-state index contributed by atoms with van der Waals surface area (Å²) in [5.74, 6) is -1.81. The molecule has 0 radical (unpaired) electrons. The molecular formula is C19H19F2N5O3S. The number of pyridine rings is 1. The normalized spacial score (nSPS) is 16.9. The topological polar surface area (TPSA) is 95.8 Å². The fourth-order valence-electron chi connectivity index (χ4n) is 3.72. The second-order valence-corrected chi connectivity index (χ2v) is 8.55. The van der Waals surface area contributed by atoms with Crippen LogP contribution in [0.2, 0.25) is 0 Å². The number of fused-ring (bicyclic) bond motifs is 1. The summed E-state index contributed by atoms with van der Waals surface area (Å²) in [7, 11) is -2.78. The summed E-state index contributed by atoms with van der Waals surface area (Å²) in [6, 6.07) is 6.50. The molecule has 1 unspecified atom stereocenters. The molecule has 158 valence electrons. The van der Waals surface area contributed by atoms with Crippen molar-refractivity contribution in [2.45, 2.75) is 18.9 Å². The molecule has 1 aliphatic rings. The Labute approximate surface area is 171 Å². The summed E-state index contributed by atoms with van der Waals surface area (Å²) < 4.78 is 56.7. The molecule has 8 nitrogen and oxygen atoms in total. The third-order valence-electron chi connectivity index (χ3n) is 5.15. The fraction of sp³-hybridized carbons (Fsp3) is 0.263. The number of aromatic nitrogens is 2. The number of carbonyl (C=O) groups is 1. The van der Waals surface area contributed by atoms with E-state index in [9.17, 15) is 22.0 Å². The van der Waals surface area contributed by atoms with Crippen LogP contribution in [0.4, 0.5) is 14.5 Å². The van der Waals surface area contributed by atoms with E-state index in [-0.39, 0.29) is 17.2 Å². The molecule has 1 aromatic carbocycles. The van der Waals surface area contributed by atoms with Gasteiger partial charge >= 0.3 is 10.2 Å². The minimum atomic E-state index is -3.97. The van der Waals surface area contributed by atoms with E-state index in [1.807, 2.05) is 14.3 Å². The van der Waals surface area contributed by atoms with E-state index in [1.165, 1.54) is 23.8 Å². The number of nitrogens with zero attached hydrogens (tertiary/aromatic N) is 3. The maximum absolute atomic E-state index is 14.4. The molecule has 3 aromatic rings. The predicted molar refractivity (Wildman–Crippen MR) is 106 cm³/mol. The van der Waals surface area contributed by atoms with Gasteiger partial charge < -0.3 is 4.90 Å². The van der Waals surface area contributed by atoms with Gasteiger partial charge in [-0.1, -0.05) is 0 Å². The number of rotatable bonds is 5. The van der Waals surface area contributed by atoms with Crippen LogP contribution in [0.3, 0.4) is 0 Å². The molecule has 1 atom stereocenters. The molecule has 1 aliphatic heterocycles. The average Bonchev–Trinajstić information content (AvgIpc) is 3.36. The van der Waals surface area contributed by atoms with E-state index >= 15 is 0 Å². The number of carbonyl (C=O) groups excluding carboxylic acids is 1. The number of hydrogen-bond donors (Lipinski definition) is 2. The molecule has 0 saturated carbocycles. The Kier molecular flexibility index (Phi) is 5.16. The van der Waals surface area contributed by atoms with Gasteiger partial charge in [-0.05, 0) is 43.2 Å².